The van der Waals surface area contributed by atoms with Gasteiger partial charge in [-0.05, 0) is 39.3 Å². The fraction of sp³-hybridized carbons (Fsp3) is 0. The van der Waals surface area contributed by atoms with Gasteiger partial charge in [-0.2, -0.15) is 0 Å². The van der Waals surface area contributed by atoms with E-state index in [1.54, 1.807) is 6.08 Å². The fourth-order valence-corrected chi connectivity index (χ4v) is 2.55. The summed E-state index contributed by atoms with van der Waals surface area (Å²) in [5.41, 5.74) is 0.867. The Kier molecular flexibility index (Phi) is 3.20. The maximum atomic E-state index is 11.0. The number of carboxylic acid groups (broad SMARTS) is 1. The van der Waals surface area contributed by atoms with E-state index >= 15 is 0 Å². The predicted octanol–water partition coefficient (Wildman–Crippen LogP) is 4.35. The number of carboxylic acids is 1. The molecule has 3 aromatic carbocycles. The van der Waals surface area contributed by atoms with Gasteiger partial charge in [-0.3, -0.25) is 0 Å². The Bertz CT molecular complexity index is 850. The van der Waals surface area contributed by atoms with Crippen molar-refractivity contribution in [2.75, 3.05) is 0 Å². The second kappa shape index (κ2) is 5.02. The van der Waals surface area contributed by atoms with Crippen LogP contribution < -0.4 is 0 Å². The quantitative estimate of drug-likeness (QED) is 0.416. The van der Waals surface area contributed by atoms with Crippen molar-refractivity contribution in [2.24, 2.45) is 0 Å². The second-order valence-corrected chi connectivity index (χ2v) is 5.05. The van der Waals surface area contributed by atoms with Crippen molar-refractivity contribution >= 4 is 46.2 Å². The highest BCUT2D eigenvalue weighted by molar-refractivity contribution is 7.85. The number of hydrogen-bond acceptors (Lipinski definition) is 2. The van der Waals surface area contributed by atoms with Crippen molar-refractivity contribution in [1.29, 1.82) is 0 Å². The molecule has 3 rings (SSSR count). The van der Waals surface area contributed by atoms with Crippen molar-refractivity contribution in [3.05, 3.63) is 65.1 Å². The molecule has 0 aliphatic carbocycles. The Morgan fingerprint density at radius 2 is 1.55 bits per heavy atom. The molecule has 0 atom stereocenters. The summed E-state index contributed by atoms with van der Waals surface area (Å²) in [6.07, 6.45) is 1.60. The highest BCUT2D eigenvalue weighted by Crippen LogP contribution is 2.30. The summed E-state index contributed by atoms with van der Waals surface area (Å²) in [7, 11) is 0. The highest BCUT2D eigenvalue weighted by atomic mass is 32.1. The normalized spacial score (nSPS) is 11.9. The largest absolute Gasteiger partial charge is 0.477 e. The van der Waals surface area contributed by atoms with Crippen molar-refractivity contribution in [2.45, 2.75) is 0 Å². The molecule has 98 valence electrons. The van der Waals surface area contributed by atoms with Crippen LogP contribution in [-0.4, -0.2) is 11.1 Å². The Balaban J connectivity index is 2.41. The SMILES string of the molecule is O=C(O)/C(S)=C/c1cc2ccccc2c2ccccc12. The van der Waals surface area contributed by atoms with Gasteiger partial charge in [0.15, 0.2) is 0 Å². The van der Waals surface area contributed by atoms with Crippen LogP contribution in [-0.2, 0) is 4.79 Å². The molecule has 0 fully saturated rings. The molecule has 0 heterocycles. The van der Waals surface area contributed by atoms with Crippen LogP contribution in [0.1, 0.15) is 5.56 Å². The van der Waals surface area contributed by atoms with Crippen LogP contribution in [0, 0.1) is 0 Å². The van der Waals surface area contributed by atoms with Crippen LogP contribution in [0.2, 0.25) is 0 Å². The molecule has 0 aliphatic heterocycles. The number of carbonyl (C=O) groups is 1. The van der Waals surface area contributed by atoms with Gasteiger partial charge in [0.2, 0.25) is 0 Å². The maximum absolute atomic E-state index is 11.0. The van der Waals surface area contributed by atoms with Gasteiger partial charge in [-0.25, -0.2) is 4.79 Å². The lowest BCUT2D eigenvalue weighted by atomic mass is 9.97. The smallest absolute Gasteiger partial charge is 0.341 e. The third-order valence-electron chi connectivity index (χ3n) is 3.31. The molecular formula is C17H12O2S. The van der Waals surface area contributed by atoms with Crippen LogP contribution >= 0.6 is 12.6 Å². The minimum Gasteiger partial charge on any atom is -0.477 e. The van der Waals surface area contributed by atoms with Gasteiger partial charge < -0.3 is 5.11 Å². The minimum absolute atomic E-state index is 0.0328. The Hall–Kier alpha value is -2.26. The van der Waals surface area contributed by atoms with Crippen molar-refractivity contribution < 1.29 is 9.90 Å². The standard InChI is InChI=1S/C17H12O2S/c18-17(19)16(20)10-12-9-11-5-1-2-6-13(11)15-8-4-3-7-14(12)15/h1-10,20H,(H,18,19)/b16-10-. The van der Waals surface area contributed by atoms with Gasteiger partial charge in [0.1, 0.15) is 0 Å². The second-order valence-electron chi connectivity index (χ2n) is 4.57. The summed E-state index contributed by atoms with van der Waals surface area (Å²) in [6.45, 7) is 0. The Morgan fingerprint density at radius 1 is 0.950 bits per heavy atom. The van der Waals surface area contributed by atoms with Gasteiger partial charge >= 0.3 is 5.97 Å². The number of benzene rings is 3. The topological polar surface area (TPSA) is 37.3 Å². The first-order valence-corrected chi connectivity index (χ1v) is 6.66. The van der Waals surface area contributed by atoms with E-state index < -0.39 is 5.97 Å². The van der Waals surface area contributed by atoms with Gasteiger partial charge in [0, 0.05) is 0 Å². The van der Waals surface area contributed by atoms with Gasteiger partial charge in [-0.15, -0.1) is 12.6 Å². The molecule has 0 aliphatic rings. The molecule has 0 amide bonds. The highest BCUT2D eigenvalue weighted by Gasteiger charge is 2.07. The maximum Gasteiger partial charge on any atom is 0.341 e. The van der Waals surface area contributed by atoms with Gasteiger partial charge in [0.25, 0.3) is 0 Å². The van der Waals surface area contributed by atoms with Crippen LogP contribution in [0.25, 0.3) is 27.6 Å². The molecule has 3 aromatic rings. The Morgan fingerprint density at radius 3 is 2.25 bits per heavy atom. The first-order chi connectivity index (χ1) is 9.66. The van der Waals surface area contributed by atoms with E-state index in [2.05, 4.69) is 18.7 Å². The molecule has 0 spiro atoms. The van der Waals surface area contributed by atoms with E-state index in [1.165, 1.54) is 0 Å². The van der Waals surface area contributed by atoms with Crippen LogP contribution in [0.15, 0.2) is 59.5 Å². The molecule has 20 heavy (non-hydrogen) atoms. The molecule has 0 saturated heterocycles. The molecule has 3 heteroatoms. The summed E-state index contributed by atoms with van der Waals surface area (Å²) in [6, 6.07) is 18.1. The van der Waals surface area contributed by atoms with Crippen molar-refractivity contribution in [3.8, 4) is 0 Å². The van der Waals surface area contributed by atoms with E-state index in [9.17, 15) is 4.79 Å². The molecule has 0 bridgehead atoms. The minimum atomic E-state index is -1.02. The van der Waals surface area contributed by atoms with Gasteiger partial charge in [-0.1, -0.05) is 48.5 Å². The van der Waals surface area contributed by atoms with Crippen LogP contribution in [0.3, 0.4) is 0 Å². The first-order valence-electron chi connectivity index (χ1n) is 6.21. The predicted molar refractivity (Wildman–Crippen MR) is 86.1 cm³/mol. The zero-order valence-electron chi connectivity index (χ0n) is 10.6. The summed E-state index contributed by atoms with van der Waals surface area (Å²) >= 11 is 4.02. The first kappa shape index (κ1) is 12.8. The monoisotopic (exact) mass is 280 g/mol. The van der Waals surface area contributed by atoms with E-state index in [0.29, 0.717) is 0 Å². The van der Waals surface area contributed by atoms with E-state index in [-0.39, 0.29) is 4.91 Å². The molecule has 0 saturated carbocycles. The zero-order chi connectivity index (χ0) is 14.1. The average Bonchev–Trinajstić information content (AvgIpc) is 2.47. The number of fused-ring (bicyclic) bond motifs is 3. The fourth-order valence-electron chi connectivity index (χ4n) is 2.41. The summed E-state index contributed by atoms with van der Waals surface area (Å²) in [4.78, 5) is 11.0. The lowest BCUT2D eigenvalue weighted by molar-refractivity contribution is -0.131. The molecule has 0 unspecified atom stereocenters. The van der Waals surface area contributed by atoms with Crippen LogP contribution in [0.5, 0.6) is 0 Å². The summed E-state index contributed by atoms with van der Waals surface area (Å²) in [5.74, 6) is -1.02. The molecule has 2 nitrogen and oxygen atoms in total. The van der Waals surface area contributed by atoms with E-state index in [4.69, 9.17) is 5.11 Å². The summed E-state index contributed by atoms with van der Waals surface area (Å²) in [5, 5.41) is 13.4. The van der Waals surface area contributed by atoms with Gasteiger partial charge in [0.05, 0.1) is 4.91 Å². The number of thiol groups is 1. The molecular weight excluding hydrogens is 268 g/mol. The number of rotatable bonds is 2. The van der Waals surface area contributed by atoms with Crippen molar-refractivity contribution in [3.63, 3.8) is 0 Å². The van der Waals surface area contributed by atoms with Crippen LogP contribution in [0.4, 0.5) is 0 Å². The van der Waals surface area contributed by atoms with E-state index in [1.807, 2.05) is 48.5 Å². The Labute approximate surface area is 121 Å². The number of aliphatic carboxylic acids is 1. The zero-order valence-corrected chi connectivity index (χ0v) is 11.5. The number of hydrogen-bond donors (Lipinski definition) is 2. The third kappa shape index (κ3) is 2.17. The third-order valence-corrected chi connectivity index (χ3v) is 3.63. The average molecular weight is 280 g/mol. The molecule has 0 aromatic heterocycles. The van der Waals surface area contributed by atoms with E-state index in [0.717, 1.165) is 27.1 Å². The lowest BCUT2D eigenvalue weighted by Gasteiger charge is -2.08. The molecule has 1 N–H and O–H groups in total. The lowest BCUT2D eigenvalue weighted by Crippen LogP contribution is -1.93. The molecule has 0 radical (unpaired) electrons. The van der Waals surface area contributed by atoms with Crippen molar-refractivity contribution in [1.82, 2.24) is 0 Å². The summed E-state index contributed by atoms with van der Waals surface area (Å²) < 4.78 is 0.